The monoisotopic (exact) mass is 673 g/mol. The molecule has 0 bridgehead atoms. The number of hydrogen-bond donors (Lipinski definition) is 0. The van der Waals surface area contributed by atoms with E-state index in [4.69, 9.17) is 4.42 Å². The van der Waals surface area contributed by atoms with Crippen molar-refractivity contribution in [1.82, 2.24) is 0 Å². The van der Waals surface area contributed by atoms with Crippen LogP contribution < -0.4 is 4.90 Å². The van der Waals surface area contributed by atoms with Crippen LogP contribution >= 0.6 is 0 Å². The fraction of sp³-hybridized carbons (Fsp3) is 0.0196. The van der Waals surface area contributed by atoms with Crippen LogP contribution in [0.5, 0.6) is 0 Å². The summed E-state index contributed by atoms with van der Waals surface area (Å²) in [7, 11) is 0. The number of nitrogens with zero attached hydrogens (tertiary/aromatic N) is 1. The molecule has 10 aromatic rings. The van der Waals surface area contributed by atoms with Gasteiger partial charge in [0.15, 0.2) is 5.58 Å². The summed E-state index contributed by atoms with van der Waals surface area (Å²) in [5.74, 6) is 0. The predicted octanol–water partition coefficient (Wildman–Crippen LogP) is 13.7. The van der Waals surface area contributed by atoms with E-state index in [9.17, 15) is 0 Å². The molecule has 0 aliphatic heterocycles. The lowest BCUT2D eigenvalue weighted by Gasteiger charge is -2.52. The maximum Gasteiger partial charge on any atom is 0.159 e. The number of hydrogen-bond acceptors (Lipinski definition) is 2. The topological polar surface area (TPSA) is 16.4 Å². The minimum absolute atomic E-state index is 0.110. The standard InChI is InChI=1S/C51H31NO/c1-2-10-32(11-3-1)33-22-26-36(27-23-33)52(46-20-9-16-41-39-14-4-5-21-47(39)53-50(41)46)37-28-24-34(25-29-37)38-30-31-45-49-40(38)15-8-19-44(49)51(45)42-17-6-12-35-13-7-18-43(51)48(35)42/h1-31H. The van der Waals surface area contributed by atoms with Gasteiger partial charge in [0.25, 0.3) is 0 Å². The van der Waals surface area contributed by atoms with E-state index < -0.39 is 0 Å². The van der Waals surface area contributed by atoms with Crippen molar-refractivity contribution in [2.24, 2.45) is 0 Å². The second-order valence-corrected chi connectivity index (χ2v) is 14.4. The first-order chi connectivity index (χ1) is 26.3. The summed E-state index contributed by atoms with van der Waals surface area (Å²) in [5, 5.41) is 7.71. The SMILES string of the molecule is c1ccc(-c2ccc(N(c3ccc(-c4ccc5c6c(cccc46)C54c5cccc6cccc4c56)cc3)c3cccc4c3oc3ccccc34)cc2)cc1. The van der Waals surface area contributed by atoms with Gasteiger partial charge >= 0.3 is 0 Å². The van der Waals surface area contributed by atoms with Crippen molar-refractivity contribution in [2.45, 2.75) is 5.41 Å². The Bertz CT molecular complexity index is 3050. The van der Waals surface area contributed by atoms with Crippen LogP contribution in [0.3, 0.4) is 0 Å². The first kappa shape index (κ1) is 28.8. The number of furan rings is 1. The Kier molecular flexibility index (Phi) is 5.73. The van der Waals surface area contributed by atoms with Gasteiger partial charge in [-0.25, -0.2) is 0 Å². The lowest BCUT2D eigenvalue weighted by molar-refractivity contribution is 0.669. The van der Waals surface area contributed by atoms with Gasteiger partial charge in [-0.3, -0.25) is 0 Å². The second-order valence-electron chi connectivity index (χ2n) is 14.4. The van der Waals surface area contributed by atoms with Crippen molar-refractivity contribution in [3.8, 4) is 22.3 Å². The summed E-state index contributed by atoms with van der Waals surface area (Å²) in [6, 6.07) is 68.4. The molecule has 0 atom stereocenters. The molecule has 0 fully saturated rings. The highest BCUT2D eigenvalue weighted by Crippen LogP contribution is 2.65. The maximum atomic E-state index is 6.59. The van der Waals surface area contributed by atoms with Gasteiger partial charge in [0.2, 0.25) is 0 Å². The molecular formula is C51H31NO. The van der Waals surface area contributed by atoms with Gasteiger partial charge in [0.05, 0.1) is 11.1 Å². The summed E-state index contributed by atoms with van der Waals surface area (Å²) >= 11 is 0. The van der Waals surface area contributed by atoms with Crippen molar-refractivity contribution in [1.29, 1.82) is 0 Å². The second kappa shape index (κ2) is 10.6. The fourth-order valence-corrected chi connectivity index (χ4v) is 9.55. The lowest BCUT2D eigenvalue weighted by Crippen LogP contribution is -2.43. The maximum absolute atomic E-state index is 6.59. The van der Waals surface area contributed by atoms with Gasteiger partial charge in [-0.2, -0.15) is 0 Å². The smallest absolute Gasteiger partial charge is 0.159 e. The highest BCUT2D eigenvalue weighted by molar-refractivity contribution is 6.14. The minimum Gasteiger partial charge on any atom is -0.454 e. The third kappa shape index (κ3) is 3.77. The summed E-state index contributed by atoms with van der Waals surface area (Å²) in [6.45, 7) is 0. The van der Waals surface area contributed by atoms with Gasteiger partial charge in [-0.05, 0) is 102 Å². The van der Waals surface area contributed by atoms with E-state index in [1.807, 2.05) is 6.07 Å². The van der Waals surface area contributed by atoms with E-state index in [-0.39, 0.29) is 5.41 Å². The highest BCUT2D eigenvalue weighted by atomic mass is 16.3. The van der Waals surface area contributed by atoms with Crippen molar-refractivity contribution in [3.63, 3.8) is 0 Å². The number of rotatable bonds is 5. The summed E-state index contributed by atoms with van der Waals surface area (Å²) in [5.41, 5.74) is 15.4. The van der Waals surface area contributed by atoms with Crippen LogP contribution in [0.4, 0.5) is 17.1 Å². The Labute approximate surface area is 306 Å². The number of anilines is 3. The van der Waals surface area contributed by atoms with E-state index in [0.717, 1.165) is 39.0 Å². The molecular weight excluding hydrogens is 643 g/mol. The normalized spacial score (nSPS) is 13.4. The number of para-hydroxylation sites is 2. The third-order valence-corrected chi connectivity index (χ3v) is 11.9. The largest absolute Gasteiger partial charge is 0.454 e. The van der Waals surface area contributed by atoms with Crippen molar-refractivity contribution >= 4 is 60.5 Å². The molecule has 0 radical (unpaired) electrons. The zero-order valence-corrected chi connectivity index (χ0v) is 28.8. The van der Waals surface area contributed by atoms with Gasteiger partial charge in [0, 0.05) is 22.1 Å². The van der Waals surface area contributed by atoms with Crippen LogP contribution in [0.15, 0.2) is 192 Å². The number of benzene rings is 9. The Hall–Kier alpha value is -6.90. The molecule has 0 N–H and O–H groups in total. The van der Waals surface area contributed by atoms with E-state index >= 15 is 0 Å². The van der Waals surface area contributed by atoms with Crippen LogP contribution in [0.2, 0.25) is 0 Å². The molecule has 2 nitrogen and oxygen atoms in total. The molecule has 9 aromatic carbocycles. The average Bonchev–Trinajstić information content (AvgIpc) is 3.60. The summed E-state index contributed by atoms with van der Waals surface area (Å²) in [4.78, 5) is 2.32. The molecule has 2 aliphatic carbocycles. The van der Waals surface area contributed by atoms with Crippen LogP contribution in [-0.4, -0.2) is 0 Å². The Morgan fingerprint density at radius 3 is 1.70 bits per heavy atom. The Morgan fingerprint density at radius 1 is 0.377 bits per heavy atom. The van der Waals surface area contributed by atoms with E-state index in [1.54, 1.807) is 0 Å². The zero-order valence-electron chi connectivity index (χ0n) is 28.8. The van der Waals surface area contributed by atoms with Gasteiger partial charge in [-0.15, -0.1) is 0 Å². The first-order valence-corrected chi connectivity index (χ1v) is 18.3. The van der Waals surface area contributed by atoms with E-state index in [2.05, 4.69) is 187 Å². The quantitative estimate of drug-likeness (QED) is 0.181. The molecule has 0 saturated heterocycles. The molecule has 0 amide bonds. The molecule has 2 heteroatoms. The summed E-state index contributed by atoms with van der Waals surface area (Å²) < 4.78 is 6.59. The van der Waals surface area contributed by atoms with Gasteiger partial charge in [-0.1, -0.05) is 152 Å². The molecule has 12 rings (SSSR count). The molecule has 246 valence electrons. The van der Waals surface area contributed by atoms with Crippen molar-refractivity contribution in [3.05, 3.63) is 210 Å². The fourth-order valence-electron chi connectivity index (χ4n) is 9.55. The highest BCUT2D eigenvalue weighted by Gasteiger charge is 2.54. The first-order valence-electron chi connectivity index (χ1n) is 18.3. The average molecular weight is 674 g/mol. The van der Waals surface area contributed by atoms with E-state index in [0.29, 0.717) is 0 Å². The van der Waals surface area contributed by atoms with Gasteiger partial charge < -0.3 is 9.32 Å². The summed E-state index contributed by atoms with van der Waals surface area (Å²) in [6.07, 6.45) is 0. The molecule has 0 saturated carbocycles. The molecule has 2 aliphatic rings. The van der Waals surface area contributed by atoms with Crippen LogP contribution in [-0.2, 0) is 5.41 Å². The zero-order chi connectivity index (χ0) is 34.7. The third-order valence-electron chi connectivity index (χ3n) is 11.9. The van der Waals surface area contributed by atoms with Crippen molar-refractivity contribution < 1.29 is 4.42 Å². The van der Waals surface area contributed by atoms with Crippen LogP contribution in [0.1, 0.15) is 22.3 Å². The van der Waals surface area contributed by atoms with Crippen molar-refractivity contribution in [2.75, 3.05) is 4.90 Å². The molecule has 1 aromatic heterocycles. The Morgan fingerprint density at radius 2 is 0.943 bits per heavy atom. The van der Waals surface area contributed by atoms with Gasteiger partial charge in [0.1, 0.15) is 5.58 Å². The molecule has 0 unspecified atom stereocenters. The molecule has 1 spiro atoms. The molecule has 53 heavy (non-hydrogen) atoms. The molecule has 1 heterocycles. The number of fused-ring (bicyclic) bond motifs is 7. The lowest BCUT2D eigenvalue weighted by atomic mass is 9.49. The van der Waals surface area contributed by atoms with Crippen LogP contribution in [0.25, 0.3) is 65.7 Å². The Balaban J connectivity index is 0.977. The predicted molar refractivity (Wildman–Crippen MR) is 220 cm³/mol. The van der Waals surface area contributed by atoms with Crippen LogP contribution in [0, 0.1) is 0 Å². The minimum atomic E-state index is -0.110. The van der Waals surface area contributed by atoms with E-state index in [1.165, 1.54) is 66.1 Å².